The molecule has 110 valence electrons. The summed E-state index contributed by atoms with van der Waals surface area (Å²) in [7, 11) is 0. The molecule has 0 saturated carbocycles. The van der Waals surface area contributed by atoms with Gasteiger partial charge in [-0.25, -0.2) is 0 Å². The Balaban J connectivity index is 1.92. The fraction of sp³-hybridized carbons (Fsp3) is 0.0556. The van der Waals surface area contributed by atoms with Crippen molar-refractivity contribution in [2.75, 3.05) is 0 Å². The monoisotopic (exact) mass is 312 g/mol. The summed E-state index contributed by atoms with van der Waals surface area (Å²) in [6.45, 7) is 1.77. The lowest BCUT2D eigenvalue weighted by atomic mass is 10.0. The molecule has 0 aliphatic carbocycles. The van der Waals surface area contributed by atoms with Crippen molar-refractivity contribution in [3.8, 4) is 5.75 Å². The Bertz CT molecular complexity index is 890. The molecule has 22 heavy (non-hydrogen) atoms. The van der Waals surface area contributed by atoms with Crippen molar-refractivity contribution in [1.29, 1.82) is 0 Å². The molecule has 0 aliphatic heterocycles. The first-order valence-corrected chi connectivity index (χ1v) is 7.13. The van der Waals surface area contributed by atoms with E-state index in [0.29, 0.717) is 27.5 Å². The van der Waals surface area contributed by atoms with Crippen LogP contribution in [0.15, 0.2) is 53.0 Å². The van der Waals surface area contributed by atoms with Gasteiger partial charge in [0.1, 0.15) is 17.1 Å². The highest BCUT2D eigenvalue weighted by atomic mass is 35.5. The third-order valence-corrected chi connectivity index (χ3v) is 3.81. The zero-order valence-electron chi connectivity index (χ0n) is 11.8. The van der Waals surface area contributed by atoms with Crippen molar-refractivity contribution in [2.24, 2.45) is 0 Å². The Kier molecular flexibility index (Phi) is 3.73. The van der Waals surface area contributed by atoms with Gasteiger partial charge in [-0.3, -0.25) is 4.79 Å². The molecule has 3 aromatic rings. The van der Waals surface area contributed by atoms with E-state index >= 15 is 0 Å². The summed E-state index contributed by atoms with van der Waals surface area (Å²) in [6, 6.07) is 12.1. The molecule has 0 spiro atoms. The molecular weight excluding hydrogens is 300 g/mol. The van der Waals surface area contributed by atoms with Crippen LogP contribution in [0, 0.1) is 6.92 Å². The number of benzene rings is 2. The normalized spacial score (nSPS) is 11.4. The molecule has 2 aromatic carbocycles. The molecule has 1 aromatic heterocycles. The van der Waals surface area contributed by atoms with Crippen LogP contribution in [0.25, 0.3) is 17.0 Å². The molecule has 0 saturated heterocycles. The second-order valence-corrected chi connectivity index (χ2v) is 5.35. The van der Waals surface area contributed by atoms with Crippen LogP contribution in [0.4, 0.5) is 0 Å². The maximum Gasteiger partial charge on any atom is 0.186 e. The van der Waals surface area contributed by atoms with Crippen LogP contribution in [-0.2, 0) is 0 Å². The van der Waals surface area contributed by atoms with Crippen molar-refractivity contribution in [3.63, 3.8) is 0 Å². The molecular formula is C18H13ClO3. The Morgan fingerprint density at radius 1 is 1.23 bits per heavy atom. The topological polar surface area (TPSA) is 50.4 Å². The third-order valence-electron chi connectivity index (χ3n) is 3.42. The molecule has 0 fully saturated rings. The van der Waals surface area contributed by atoms with E-state index in [0.717, 1.165) is 5.39 Å². The van der Waals surface area contributed by atoms with Crippen molar-refractivity contribution in [2.45, 2.75) is 6.92 Å². The predicted octanol–water partition coefficient (Wildman–Crippen LogP) is 5.00. The Labute approximate surface area is 132 Å². The van der Waals surface area contributed by atoms with Crippen molar-refractivity contribution < 1.29 is 14.3 Å². The molecule has 0 atom stereocenters. The summed E-state index contributed by atoms with van der Waals surface area (Å²) in [6.07, 6.45) is 2.99. The second-order valence-electron chi connectivity index (χ2n) is 4.97. The maximum atomic E-state index is 12.2. The number of allylic oxidation sites excluding steroid dienone is 1. The Hall–Kier alpha value is -2.52. The van der Waals surface area contributed by atoms with Gasteiger partial charge >= 0.3 is 0 Å². The van der Waals surface area contributed by atoms with E-state index in [-0.39, 0.29) is 11.5 Å². The van der Waals surface area contributed by atoms with E-state index in [2.05, 4.69) is 0 Å². The number of ketones is 1. The van der Waals surface area contributed by atoms with Gasteiger partial charge in [0, 0.05) is 10.9 Å². The number of furan rings is 1. The number of para-hydroxylation sites is 1. The van der Waals surface area contributed by atoms with E-state index < -0.39 is 0 Å². The van der Waals surface area contributed by atoms with Gasteiger partial charge in [-0.2, -0.15) is 0 Å². The van der Waals surface area contributed by atoms with Gasteiger partial charge in [-0.15, -0.1) is 0 Å². The van der Waals surface area contributed by atoms with E-state index in [1.165, 1.54) is 12.1 Å². The molecule has 1 heterocycles. The summed E-state index contributed by atoms with van der Waals surface area (Å²) in [5.41, 5.74) is 1.92. The fourth-order valence-corrected chi connectivity index (χ4v) is 2.56. The smallest absolute Gasteiger partial charge is 0.186 e. The summed E-state index contributed by atoms with van der Waals surface area (Å²) >= 11 is 6.25. The molecule has 0 unspecified atom stereocenters. The first-order valence-electron chi connectivity index (χ1n) is 6.75. The molecule has 0 bridgehead atoms. The number of phenols is 1. The lowest BCUT2D eigenvalue weighted by Crippen LogP contribution is -1.97. The number of halogens is 1. The summed E-state index contributed by atoms with van der Waals surface area (Å²) < 4.78 is 5.62. The Morgan fingerprint density at radius 3 is 2.73 bits per heavy atom. The largest absolute Gasteiger partial charge is 0.508 e. The number of hydrogen-bond acceptors (Lipinski definition) is 3. The number of carbonyl (C=O) groups excluding carboxylic acids is 1. The number of hydrogen-bond donors (Lipinski definition) is 1. The maximum absolute atomic E-state index is 12.2. The number of aryl methyl sites for hydroxylation is 1. The van der Waals surface area contributed by atoms with Gasteiger partial charge in [0.05, 0.1) is 5.02 Å². The van der Waals surface area contributed by atoms with Gasteiger partial charge in [0.15, 0.2) is 5.78 Å². The molecule has 1 N–H and O–H groups in total. The first-order chi connectivity index (χ1) is 10.6. The summed E-state index contributed by atoms with van der Waals surface area (Å²) in [4.78, 5) is 12.2. The molecule has 0 amide bonds. The van der Waals surface area contributed by atoms with Crippen LogP contribution in [0.1, 0.15) is 21.7 Å². The predicted molar refractivity (Wildman–Crippen MR) is 87.4 cm³/mol. The van der Waals surface area contributed by atoms with Crippen molar-refractivity contribution in [1.82, 2.24) is 0 Å². The summed E-state index contributed by atoms with van der Waals surface area (Å²) in [5, 5.41) is 10.7. The minimum absolute atomic E-state index is 0.137. The van der Waals surface area contributed by atoms with Gasteiger partial charge in [0.25, 0.3) is 0 Å². The zero-order chi connectivity index (χ0) is 15.7. The first kappa shape index (κ1) is 14.4. The van der Waals surface area contributed by atoms with Crippen LogP contribution in [-0.4, -0.2) is 10.9 Å². The molecule has 0 radical (unpaired) electrons. The summed E-state index contributed by atoms with van der Waals surface area (Å²) in [5.74, 6) is 0.417. The van der Waals surface area contributed by atoms with Gasteiger partial charge in [-0.05, 0) is 55.0 Å². The van der Waals surface area contributed by atoms with Crippen molar-refractivity contribution in [3.05, 3.63) is 70.5 Å². The average molecular weight is 313 g/mol. The highest BCUT2D eigenvalue weighted by molar-refractivity contribution is 6.36. The molecule has 4 heteroatoms. The third kappa shape index (κ3) is 2.63. The SMILES string of the molecule is Cc1cc(O)ccc1C(=O)/C=C/c1oc2ccccc2c1Cl. The fourth-order valence-electron chi connectivity index (χ4n) is 2.31. The highest BCUT2D eigenvalue weighted by Gasteiger charge is 2.11. The minimum atomic E-state index is -0.172. The molecule has 3 nitrogen and oxygen atoms in total. The van der Waals surface area contributed by atoms with Crippen molar-refractivity contribution >= 4 is 34.4 Å². The lowest BCUT2D eigenvalue weighted by molar-refractivity contribution is 0.104. The van der Waals surface area contributed by atoms with Crippen LogP contribution in [0.2, 0.25) is 5.02 Å². The molecule has 0 aliphatic rings. The quantitative estimate of drug-likeness (QED) is 0.547. The average Bonchev–Trinajstić information content (AvgIpc) is 2.82. The second kappa shape index (κ2) is 5.70. The number of carbonyl (C=O) groups is 1. The van der Waals surface area contributed by atoms with Gasteiger partial charge in [-0.1, -0.05) is 23.7 Å². The Morgan fingerprint density at radius 2 is 2.00 bits per heavy atom. The van der Waals surface area contributed by atoms with Crippen LogP contribution in [0.5, 0.6) is 5.75 Å². The molecule has 3 rings (SSSR count). The van der Waals surface area contributed by atoms with Gasteiger partial charge < -0.3 is 9.52 Å². The van der Waals surface area contributed by atoms with E-state index in [9.17, 15) is 9.90 Å². The highest BCUT2D eigenvalue weighted by Crippen LogP contribution is 2.31. The van der Waals surface area contributed by atoms with Crippen LogP contribution >= 0.6 is 11.6 Å². The van der Waals surface area contributed by atoms with Gasteiger partial charge in [0.2, 0.25) is 0 Å². The van der Waals surface area contributed by atoms with Crippen LogP contribution in [0.3, 0.4) is 0 Å². The number of rotatable bonds is 3. The number of fused-ring (bicyclic) bond motifs is 1. The number of phenolic OH excluding ortho intramolecular Hbond substituents is 1. The zero-order valence-corrected chi connectivity index (χ0v) is 12.6. The van der Waals surface area contributed by atoms with E-state index in [4.69, 9.17) is 16.0 Å². The minimum Gasteiger partial charge on any atom is -0.508 e. The van der Waals surface area contributed by atoms with E-state index in [1.807, 2.05) is 24.3 Å². The van der Waals surface area contributed by atoms with E-state index in [1.54, 1.807) is 25.1 Å². The lowest BCUT2D eigenvalue weighted by Gasteiger charge is -2.01. The number of aromatic hydroxyl groups is 1. The standard InChI is InChI=1S/C18H13ClO3/c1-11-10-12(20)6-7-13(11)15(21)8-9-17-18(19)14-4-2-3-5-16(14)22-17/h2-10,20H,1H3/b9-8+. The van der Waals surface area contributed by atoms with Crippen LogP contribution < -0.4 is 0 Å².